The van der Waals surface area contributed by atoms with E-state index in [2.05, 4.69) is 21.6 Å². The maximum absolute atomic E-state index is 12.7. The van der Waals surface area contributed by atoms with Crippen LogP contribution in [0.1, 0.15) is 19.3 Å². The summed E-state index contributed by atoms with van der Waals surface area (Å²) >= 11 is 0. The molecule has 0 aliphatic carbocycles. The Morgan fingerprint density at radius 2 is 1.92 bits per heavy atom. The van der Waals surface area contributed by atoms with Gasteiger partial charge in [-0.1, -0.05) is 6.07 Å². The van der Waals surface area contributed by atoms with Crippen LogP contribution in [0.5, 0.6) is 5.75 Å². The Morgan fingerprint density at radius 1 is 1.08 bits per heavy atom. The predicted molar refractivity (Wildman–Crippen MR) is 138 cm³/mol. The van der Waals surface area contributed by atoms with Gasteiger partial charge in [0.05, 0.1) is 36.9 Å². The van der Waals surface area contributed by atoms with E-state index in [1.54, 1.807) is 11.6 Å². The highest BCUT2D eigenvalue weighted by molar-refractivity contribution is 6.03. The standard InChI is InChI=1S/C26H29N7O3/c1-35-18-10-8-17(9-11-18)23-30-24-22-19(6-4-7-21(22)32-13-15-36-16-14-32)28-26(33(24)31-23)29-20-5-2-3-12-27-25(20)34/h4,6-11,20H,2-3,5,12-16H2,1H3,(H,27,34)(H,28,29)/t20-/m1/s1. The monoisotopic (exact) mass is 487 g/mol. The zero-order valence-electron chi connectivity index (χ0n) is 20.2. The summed E-state index contributed by atoms with van der Waals surface area (Å²) in [5, 5.41) is 12.1. The highest BCUT2D eigenvalue weighted by Gasteiger charge is 2.25. The molecule has 6 rings (SSSR count). The van der Waals surface area contributed by atoms with E-state index < -0.39 is 0 Å². The molecule has 0 bridgehead atoms. The Hall–Kier alpha value is -3.92. The fourth-order valence-electron chi connectivity index (χ4n) is 4.89. The zero-order valence-corrected chi connectivity index (χ0v) is 20.2. The normalized spacial score (nSPS) is 18.8. The highest BCUT2D eigenvalue weighted by atomic mass is 16.5. The molecule has 2 aromatic carbocycles. The molecule has 10 heteroatoms. The van der Waals surface area contributed by atoms with Crippen LogP contribution < -0.4 is 20.3 Å². The van der Waals surface area contributed by atoms with Crippen LogP contribution in [0, 0.1) is 0 Å². The predicted octanol–water partition coefficient (Wildman–Crippen LogP) is 2.87. The molecular formula is C26H29N7O3. The van der Waals surface area contributed by atoms with E-state index in [9.17, 15) is 4.79 Å². The Balaban J connectivity index is 1.52. The number of rotatable bonds is 5. The number of anilines is 2. The number of ether oxygens (including phenoxy) is 2. The van der Waals surface area contributed by atoms with Crippen LogP contribution >= 0.6 is 0 Å². The number of hydrogen-bond donors (Lipinski definition) is 2. The van der Waals surface area contributed by atoms with Gasteiger partial charge in [-0.05, 0) is 55.7 Å². The SMILES string of the molecule is COc1ccc(-c2nc3c4c(N5CCOCC5)cccc4nc(N[C@@H]4CCCCNC4=O)n3n2)cc1. The molecule has 36 heavy (non-hydrogen) atoms. The molecule has 1 atom stereocenters. The first-order valence-electron chi connectivity index (χ1n) is 12.4. The van der Waals surface area contributed by atoms with Crippen LogP contribution in [0.2, 0.25) is 0 Å². The molecule has 4 heterocycles. The first-order chi connectivity index (χ1) is 17.7. The van der Waals surface area contributed by atoms with Crippen LogP contribution in [0.4, 0.5) is 11.6 Å². The third-order valence-electron chi connectivity index (χ3n) is 6.82. The van der Waals surface area contributed by atoms with Gasteiger partial charge in [-0.15, -0.1) is 5.10 Å². The number of aromatic nitrogens is 4. The molecule has 0 saturated carbocycles. The third kappa shape index (κ3) is 4.17. The van der Waals surface area contributed by atoms with Gasteiger partial charge in [0.1, 0.15) is 11.8 Å². The van der Waals surface area contributed by atoms with Crippen molar-refractivity contribution in [3.63, 3.8) is 0 Å². The molecule has 186 valence electrons. The molecule has 2 aliphatic rings. The number of hydrogen-bond acceptors (Lipinski definition) is 8. The number of methoxy groups -OCH3 is 1. The van der Waals surface area contributed by atoms with Crippen molar-refractivity contribution in [1.29, 1.82) is 0 Å². The summed E-state index contributed by atoms with van der Waals surface area (Å²) in [4.78, 5) is 24.9. The molecule has 0 unspecified atom stereocenters. The largest absolute Gasteiger partial charge is 0.497 e. The Morgan fingerprint density at radius 3 is 2.72 bits per heavy atom. The summed E-state index contributed by atoms with van der Waals surface area (Å²) in [6.45, 7) is 3.66. The summed E-state index contributed by atoms with van der Waals surface area (Å²) in [6.07, 6.45) is 2.67. The Labute approximate surface area is 208 Å². The summed E-state index contributed by atoms with van der Waals surface area (Å²) in [5.74, 6) is 1.84. The third-order valence-corrected chi connectivity index (χ3v) is 6.82. The number of morpholine rings is 1. The van der Waals surface area contributed by atoms with E-state index in [4.69, 9.17) is 24.5 Å². The Bertz CT molecular complexity index is 1400. The van der Waals surface area contributed by atoms with Gasteiger partial charge in [-0.25, -0.2) is 9.97 Å². The second-order valence-electron chi connectivity index (χ2n) is 9.09. The summed E-state index contributed by atoms with van der Waals surface area (Å²) in [5.41, 5.74) is 3.43. The van der Waals surface area contributed by atoms with Gasteiger partial charge in [-0.2, -0.15) is 4.52 Å². The van der Waals surface area contributed by atoms with Crippen LogP contribution in [0.25, 0.3) is 27.9 Å². The molecular weight excluding hydrogens is 458 g/mol. The molecule has 2 saturated heterocycles. The van der Waals surface area contributed by atoms with Gasteiger partial charge in [-0.3, -0.25) is 4.79 Å². The van der Waals surface area contributed by atoms with Crippen molar-refractivity contribution in [2.75, 3.05) is 50.2 Å². The van der Waals surface area contributed by atoms with Crippen molar-refractivity contribution >= 4 is 34.1 Å². The lowest BCUT2D eigenvalue weighted by molar-refractivity contribution is -0.121. The van der Waals surface area contributed by atoms with Gasteiger partial charge >= 0.3 is 0 Å². The molecule has 10 nitrogen and oxygen atoms in total. The number of fused-ring (bicyclic) bond motifs is 3. The topological polar surface area (TPSA) is 106 Å². The number of benzene rings is 2. The maximum atomic E-state index is 12.7. The van der Waals surface area contributed by atoms with E-state index >= 15 is 0 Å². The quantitative estimate of drug-likeness (QED) is 0.443. The fraction of sp³-hybridized carbons (Fsp3) is 0.385. The van der Waals surface area contributed by atoms with Crippen molar-refractivity contribution in [2.45, 2.75) is 25.3 Å². The van der Waals surface area contributed by atoms with Crippen molar-refractivity contribution in [3.8, 4) is 17.1 Å². The van der Waals surface area contributed by atoms with E-state index in [1.165, 1.54) is 0 Å². The fourth-order valence-corrected chi connectivity index (χ4v) is 4.89. The average Bonchev–Trinajstić information content (AvgIpc) is 3.28. The van der Waals surface area contributed by atoms with Crippen LogP contribution in [0.3, 0.4) is 0 Å². The summed E-state index contributed by atoms with van der Waals surface area (Å²) in [6, 6.07) is 13.4. The van der Waals surface area contributed by atoms with Crippen molar-refractivity contribution in [3.05, 3.63) is 42.5 Å². The number of carbonyl (C=O) groups excluding carboxylic acids is 1. The number of nitrogens with zero attached hydrogens (tertiary/aromatic N) is 5. The second-order valence-corrected chi connectivity index (χ2v) is 9.09. The van der Waals surface area contributed by atoms with Gasteiger partial charge in [0, 0.05) is 25.2 Å². The Kier molecular flexibility index (Phi) is 6.02. The minimum Gasteiger partial charge on any atom is -0.497 e. The lowest BCUT2D eigenvalue weighted by atomic mass is 10.1. The number of carbonyl (C=O) groups is 1. The first kappa shape index (κ1) is 22.5. The van der Waals surface area contributed by atoms with Gasteiger partial charge in [0.2, 0.25) is 11.9 Å². The van der Waals surface area contributed by atoms with Crippen LogP contribution in [-0.2, 0) is 9.53 Å². The van der Waals surface area contributed by atoms with Crippen LogP contribution in [-0.4, -0.2) is 71.5 Å². The molecule has 2 aliphatic heterocycles. The number of amides is 1. The van der Waals surface area contributed by atoms with E-state index in [0.717, 1.165) is 60.3 Å². The molecule has 4 aromatic rings. The molecule has 1 amide bonds. The van der Waals surface area contributed by atoms with E-state index in [1.807, 2.05) is 36.4 Å². The number of nitrogens with one attached hydrogen (secondary N) is 2. The lowest BCUT2D eigenvalue weighted by Crippen LogP contribution is -2.38. The maximum Gasteiger partial charge on any atom is 0.242 e. The first-order valence-corrected chi connectivity index (χ1v) is 12.4. The van der Waals surface area contributed by atoms with Crippen molar-refractivity contribution in [1.82, 2.24) is 24.9 Å². The van der Waals surface area contributed by atoms with E-state index in [0.29, 0.717) is 37.2 Å². The van der Waals surface area contributed by atoms with E-state index in [-0.39, 0.29) is 11.9 Å². The second kappa shape index (κ2) is 9.62. The lowest BCUT2D eigenvalue weighted by Gasteiger charge is -2.29. The molecule has 2 N–H and O–H groups in total. The van der Waals surface area contributed by atoms with Gasteiger partial charge in [0.25, 0.3) is 0 Å². The van der Waals surface area contributed by atoms with Crippen molar-refractivity contribution in [2.24, 2.45) is 0 Å². The van der Waals surface area contributed by atoms with Gasteiger partial charge in [0.15, 0.2) is 11.5 Å². The van der Waals surface area contributed by atoms with Crippen molar-refractivity contribution < 1.29 is 14.3 Å². The molecule has 0 radical (unpaired) electrons. The molecule has 2 fully saturated rings. The summed E-state index contributed by atoms with van der Waals surface area (Å²) < 4.78 is 12.6. The zero-order chi connectivity index (χ0) is 24.5. The summed E-state index contributed by atoms with van der Waals surface area (Å²) in [7, 11) is 1.64. The molecule has 0 spiro atoms. The molecule has 2 aromatic heterocycles. The van der Waals surface area contributed by atoms with Gasteiger partial charge < -0.3 is 25.0 Å². The van der Waals surface area contributed by atoms with Crippen LogP contribution in [0.15, 0.2) is 42.5 Å². The minimum absolute atomic E-state index is 0.0138. The smallest absolute Gasteiger partial charge is 0.242 e. The minimum atomic E-state index is -0.378. The highest BCUT2D eigenvalue weighted by Crippen LogP contribution is 2.33. The average molecular weight is 488 g/mol.